The minimum Gasteiger partial charge on any atom is -0.338 e. The largest absolute Gasteiger partial charge is 0.338 e. The van der Waals surface area contributed by atoms with Crippen LogP contribution in [-0.2, 0) is 10.2 Å². The van der Waals surface area contributed by atoms with E-state index in [0.29, 0.717) is 51.1 Å². The standard InChI is InChI=1S/C14H23N5O2S/c1-13-4-2-7-19(12-13)22(20,21)18-10-8-17(9-11-18)14-15-5-3-6-16-14/h3,5-6,13H,2,4,7-12H2,1H3/t13-/m1/s1. The van der Waals surface area contributed by atoms with Crippen LogP contribution in [0.2, 0.25) is 0 Å². The second kappa shape index (κ2) is 6.47. The van der Waals surface area contributed by atoms with E-state index in [4.69, 9.17) is 0 Å². The SMILES string of the molecule is C[C@@H]1CCCN(S(=O)(=O)N2CCN(c3ncccn3)CC2)C1. The lowest BCUT2D eigenvalue weighted by molar-refractivity contribution is 0.254. The molecule has 0 radical (unpaired) electrons. The summed E-state index contributed by atoms with van der Waals surface area (Å²) in [5.74, 6) is 1.12. The van der Waals surface area contributed by atoms with E-state index in [2.05, 4.69) is 16.9 Å². The summed E-state index contributed by atoms with van der Waals surface area (Å²) in [6, 6.07) is 1.78. The Morgan fingerprint density at radius 3 is 2.36 bits per heavy atom. The van der Waals surface area contributed by atoms with Gasteiger partial charge in [0.15, 0.2) is 0 Å². The molecule has 0 aromatic carbocycles. The second-order valence-corrected chi connectivity index (χ2v) is 7.98. The minimum absolute atomic E-state index is 0.447. The van der Waals surface area contributed by atoms with Crippen LogP contribution in [0.5, 0.6) is 0 Å². The molecule has 0 N–H and O–H groups in total. The number of hydrogen-bond acceptors (Lipinski definition) is 5. The van der Waals surface area contributed by atoms with E-state index in [9.17, 15) is 8.42 Å². The molecule has 2 fully saturated rings. The van der Waals surface area contributed by atoms with Gasteiger partial charge in [-0.15, -0.1) is 0 Å². The Hall–Kier alpha value is -1.25. The lowest BCUT2D eigenvalue weighted by Crippen LogP contribution is -2.54. The van der Waals surface area contributed by atoms with Crippen molar-refractivity contribution in [2.75, 3.05) is 44.2 Å². The predicted molar refractivity (Wildman–Crippen MR) is 84.7 cm³/mol. The van der Waals surface area contributed by atoms with Crippen molar-refractivity contribution < 1.29 is 8.42 Å². The van der Waals surface area contributed by atoms with E-state index in [1.807, 2.05) is 4.90 Å². The molecule has 2 aliphatic rings. The number of rotatable bonds is 3. The number of piperazine rings is 1. The van der Waals surface area contributed by atoms with Gasteiger partial charge in [0.2, 0.25) is 5.95 Å². The first-order valence-corrected chi connectivity index (χ1v) is 9.24. The van der Waals surface area contributed by atoms with Crippen molar-refractivity contribution >= 4 is 16.2 Å². The van der Waals surface area contributed by atoms with Gasteiger partial charge in [-0.3, -0.25) is 0 Å². The third-order valence-corrected chi connectivity index (χ3v) is 6.35. The number of hydrogen-bond donors (Lipinski definition) is 0. The summed E-state index contributed by atoms with van der Waals surface area (Å²) in [5.41, 5.74) is 0. The van der Waals surface area contributed by atoms with Gasteiger partial charge >= 0.3 is 0 Å². The van der Waals surface area contributed by atoms with Crippen molar-refractivity contribution in [1.29, 1.82) is 0 Å². The Morgan fingerprint density at radius 1 is 1.05 bits per heavy atom. The zero-order valence-electron chi connectivity index (χ0n) is 12.9. The van der Waals surface area contributed by atoms with Gasteiger partial charge in [-0.25, -0.2) is 9.97 Å². The third kappa shape index (κ3) is 3.23. The van der Waals surface area contributed by atoms with Crippen molar-refractivity contribution in [3.63, 3.8) is 0 Å². The van der Waals surface area contributed by atoms with E-state index in [1.165, 1.54) is 0 Å². The molecule has 3 heterocycles. The molecular weight excluding hydrogens is 302 g/mol. The number of nitrogens with zero attached hydrogens (tertiary/aromatic N) is 5. The van der Waals surface area contributed by atoms with Crippen LogP contribution in [0.4, 0.5) is 5.95 Å². The Balaban J connectivity index is 1.63. The molecule has 0 bridgehead atoms. The Bertz CT molecular complexity index is 587. The first-order chi connectivity index (χ1) is 10.6. The van der Waals surface area contributed by atoms with E-state index < -0.39 is 10.2 Å². The van der Waals surface area contributed by atoms with Crippen LogP contribution in [0.25, 0.3) is 0 Å². The lowest BCUT2D eigenvalue weighted by atomic mass is 10.0. The van der Waals surface area contributed by atoms with Gasteiger partial charge in [-0.05, 0) is 24.8 Å². The first kappa shape index (κ1) is 15.6. The van der Waals surface area contributed by atoms with Crippen LogP contribution >= 0.6 is 0 Å². The van der Waals surface area contributed by atoms with Crippen LogP contribution < -0.4 is 4.90 Å². The van der Waals surface area contributed by atoms with Gasteiger partial charge in [-0.1, -0.05) is 6.92 Å². The highest BCUT2D eigenvalue weighted by Gasteiger charge is 2.34. The lowest BCUT2D eigenvalue weighted by Gasteiger charge is -2.38. The molecule has 1 atom stereocenters. The summed E-state index contributed by atoms with van der Waals surface area (Å²) < 4.78 is 28.7. The summed E-state index contributed by atoms with van der Waals surface area (Å²) >= 11 is 0. The maximum atomic E-state index is 12.7. The van der Waals surface area contributed by atoms with Gasteiger partial charge in [0.05, 0.1) is 0 Å². The summed E-state index contributed by atoms with van der Waals surface area (Å²) in [7, 11) is -3.32. The van der Waals surface area contributed by atoms with Crippen molar-refractivity contribution in [3.05, 3.63) is 18.5 Å². The normalized spacial score (nSPS) is 25.3. The van der Waals surface area contributed by atoms with Crippen LogP contribution in [0.3, 0.4) is 0 Å². The van der Waals surface area contributed by atoms with Crippen molar-refractivity contribution in [2.24, 2.45) is 5.92 Å². The summed E-state index contributed by atoms with van der Waals surface area (Å²) in [6.45, 7) is 5.65. The quantitative estimate of drug-likeness (QED) is 0.813. The molecule has 0 unspecified atom stereocenters. The molecule has 22 heavy (non-hydrogen) atoms. The summed E-state index contributed by atoms with van der Waals surface area (Å²) in [4.78, 5) is 10.5. The van der Waals surface area contributed by atoms with E-state index in [1.54, 1.807) is 27.1 Å². The Kier molecular flexibility index (Phi) is 4.60. The number of aromatic nitrogens is 2. The highest BCUT2D eigenvalue weighted by Crippen LogP contribution is 2.22. The van der Waals surface area contributed by atoms with Gasteiger partial charge < -0.3 is 4.90 Å². The highest BCUT2D eigenvalue weighted by molar-refractivity contribution is 7.86. The fourth-order valence-corrected chi connectivity index (χ4v) is 4.85. The van der Waals surface area contributed by atoms with Gasteiger partial charge in [0.1, 0.15) is 0 Å². The molecule has 8 heteroatoms. The topological polar surface area (TPSA) is 69.6 Å². The van der Waals surface area contributed by atoms with E-state index in [0.717, 1.165) is 12.8 Å². The molecule has 2 saturated heterocycles. The van der Waals surface area contributed by atoms with Gasteiger partial charge in [0, 0.05) is 51.7 Å². The van der Waals surface area contributed by atoms with Crippen LogP contribution in [0.15, 0.2) is 18.5 Å². The second-order valence-electron chi connectivity index (χ2n) is 6.05. The summed E-state index contributed by atoms with van der Waals surface area (Å²) in [5, 5.41) is 0. The smallest absolute Gasteiger partial charge is 0.282 e. The molecular formula is C14H23N5O2S. The molecule has 3 rings (SSSR count). The van der Waals surface area contributed by atoms with Crippen LogP contribution in [0.1, 0.15) is 19.8 Å². The molecule has 2 aliphatic heterocycles. The third-order valence-electron chi connectivity index (χ3n) is 4.35. The molecule has 1 aromatic heterocycles. The molecule has 1 aromatic rings. The Labute approximate surface area is 132 Å². The molecule has 7 nitrogen and oxygen atoms in total. The van der Waals surface area contributed by atoms with Gasteiger partial charge in [-0.2, -0.15) is 17.0 Å². The Morgan fingerprint density at radius 2 is 1.73 bits per heavy atom. The average Bonchev–Trinajstić information content (AvgIpc) is 2.56. The van der Waals surface area contributed by atoms with Crippen LogP contribution in [0, 0.1) is 5.92 Å². The zero-order chi connectivity index (χ0) is 15.6. The van der Waals surface area contributed by atoms with E-state index >= 15 is 0 Å². The minimum atomic E-state index is -3.32. The number of piperidine rings is 1. The molecule has 0 spiro atoms. The maximum Gasteiger partial charge on any atom is 0.282 e. The molecule has 122 valence electrons. The molecule has 0 saturated carbocycles. The predicted octanol–water partition coefficient (Wildman–Crippen LogP) is 0.575. The monoisotopic (exact) mass is 325 g/mol. The molecule has 0 aliphatic carbocycles. The zero-order valence-corrected chi connectivity index (χ0v) is 13.7. The fraction of sp³-hybridized carbons (Fsp3) is 0.714. The van der Waals surface area contributed by atoms with Crippen LogP contribution in [-0.4, -0.2) is 66.3 Å². The fourth-order valence-electron chi connectivity index (χ4n) is 3.09. The summed E-state index contributed by atoms with van der Waals surface area (Å²) in [6.07, 6.45) is 5.49. The molecule has 0 amide bonds. The highest BCUT2D eigenvalue weighted by atomic mass is 32.2. The average molecular weight is 325 g/mol. The number of anilines is 1. The maximum absolute atomic E-state index is 12.7. The van der Waals surface area contributed by atoms with E-state index in [-0.39, 0.29) is 0 Å². The van der Waals surface area contributed by atoms with Crippen molar-refractivity contribution in [1.82, 2.24) is 18.6 Å². The first-order valence-electron chi connectivity index (χ1n) is 7.84. The van der Waals surface area contributed by atoms with Crippen molar-refractivity contribution in [2.45, 2.75) is 19.8 Å². The van der Waals surface area contributed by atoms with Gasteiger partial charge in [0.25, 0.3) is 10.2 Å². The van der Waals surface area contributed by atoms with Crippen molar-refractivity contribution in [3.8, 4) is 0 Å².